The van der Waals surface area contributed by atoms with E-state index in [4.69, 9.17) is 16.3 Å². The molecule has 4 rings (SSSR count). The SMILES string of the molecule is C[C@H]1C[C@@]2(C[C@@H](c3cn(C)nn3)N1C(=O)C(F)(F)F)OCC(=O)c1cc(Cl)ccc12. The summed E-state index contributed by atoms with van der Waals surface area (Å²) in [7, 11) is 1.58. The molecular weight excluding hydrogens is 425 g/mol. The largest absolute Gasteiger partial charge is 0.471 e. The van der Waals surface area contributed by atoms with Crippen LogP contribution in [0.2, 0.25) is 5.02 Å². The molecule has 0 bridgehead atoms. The van der Waals surface area contributed by atoms with Crippen molar-refractivity contribution in [3.05, 3.63) is 46.2 Å². The lowest BCUT2D eigenvalue weighted by atomic mass is 9.73. The molecule has 0 unspecified atom stereocenters. The maximum Gasteiger partial charge on any atom is 0.471 e. The molecule has 2 aliphatic heterocycles. The van der Waals surface area contributed by atoms with E-state index in [0.29, 0.717) is 16.1 Å². The fraction of sp³-hybridized carbons (Fsp3) is 0.474. The van der Waals surface area contributed by atoms with E-state index in [1.165, 1.54) is 17.8 Å². The number of carbonyl (C=O) groups is 2. The Labute approximate surface area is 174 Å². The van der Waals surface area contributed by atoms with Crippen molar-refractivity contribution in [2.45, 2.75) is 43.6 Å². The van der Waals surface area contributed by atoms with Crippen LogP contribution >= 0.6 is 11.6 Å². The Bertz CT molecular complexity index is 1020. The summed E-state index contributed by atoms with van der Waals surface area (Å²) in [5.41, 5.74) is 0.104. The number of Topliss-reactive ketones (excluding diaryl/α,β-unsaturated/α-hetero) is 1. The van der Waals surface area contributed by atoms with Crippen LogP contribution in [0.5, 0.6) is 0 Å². The molecule has 3 atom stereocenters. The van der Waals surface area contributed by atoms with E-state index in [1.807, 2.05) is 0 Å². The lowest BCUT2D eigenvalue weighted by Gasteiger charge is -2.51. The number of halogens is 4. The number of rotatable bonds is 1. The number of benzene rings is 1. The number of likely N-dealkylation sites (tertiary alicyclic amines) is 1. The first-order chi connectivity index (χ1) is 14.0. The normalized spacial score (nSPS) is 26.7. The van der Waals surface area contributed by atoms with E-state index in [1.54, 1.807) is 25.2 Å². The summed E-state index contributed by atoms with van der Waals surface area (Å²) in [5, 5.41) is 8.15. The number of hydrogen-bond donors (Lipinski definition) is 0. The van der Waals surface area contributed by atoms with Gasteiger partial charge in [-0.15, -0.1) is 5.10 Å². The van der Waals surface area contributed by atoms with Gasteiger partial charge in [0.1, 0.15) is 12.3 Å². The number of fused-ring (bicyclic) bond motifs is 2. The molecule has 11 heteroatoms. The van der Waals surface area contributed by atoms with Gasteiger partial charge in [-0.2, -0.15) is 13.2 Å². The summed E-state index contributed by atoms with van der Waals surface area (Å²) in [6.07, 6.45) is -3.47. The van der Waals surface area contributed by atoms with Crippen molar-refractivity contribution in [3.63, 3.8) is 0 Å². The lowest BCUT2D eigenvalue weighted by molar-refractivity contribution is -0.200. The number of ketones is 1. The van der Waals surface area contributed by atoms with Crippen molar-refractivity contribution in [3.8, 4) is 0 Å². The molecule has 1 aromatic heterocycles. The van der Waals surface area contributed by atoms with E-state index < -0.39 is 29.8 Å². The van der Waals surface area contributed by atoms with Crippen LogP contribution in [0.1, 0.15) is 47.4 Å². The van der Waals surface area contributed by atoms with Crippen molar-refractivity contribution >= 4 is 23.3 Å². The maximum absolute atomic E-state index is 13.3. The molecule has 160 valence electrons. The smallest absolute Gasteiger partial charge is 0.362 e. The van der Waals surface area contributed by atoms with Gasteiger partial charge in [0.15, 0.2) is 5.78 Å². The highest BCUT2D eigenvalue weighted by atomic mass is 35.5. The molecule has 1 spiro atoms. The second-order valence-corrected chi connectivity index (χ2v) is 8.13. The maximum atomic E-state index is 13.3. The Balaban J connectivity index is 1.83. The summed E-state index contributed by atoms with van der Waals surface area (Å²) in [6.45, 7) is 1.31. The van der Waals surface area contributed by atoms with E-state index in [9.17, 15) is 22.8 Å². The third-order valence-corrected chi connectivity index (χ3v) is 5.89. The average Bonchev–Trinajstić information content (AvgIpc) is 3.10. The van der Waals surface area contributed by atoms with Crippen LogP contribution in [0.15, 0.2) is 24.4 Å². The van der Waals surface area contributed by atoms with Crippen LogP contribution in [0, 0.1) is 0 Å². The molecule has 1 fully saturated rings. The predicted molar refractivity (Wildman–Crippen MR) is 98.8 cm³/mol. The number of piperidine rings is 1. The summed E-state index contributed by atoms with van der Waals surface area (Å²) >= 11 is 6.05. The summed E-state index contributed by atoms with van der Waals surface area (Å²) < 4.78 is 47.4. The van der Waals surface area contributed by atoms with Gasteiger partial charge in [-0.1, -0.05) is 22.9 Å². The van der Waals surface area contributed by atoms with Crippen LogP contribution in [-0.4, -0.2) is 50.4 Å². The first kappa shape index (κ1) is 20.8. The highest BCUT2D eigenvalue weighted by Gasteiger charge is 2.55. The topological polar surface area (TPSA) is 77.3 Å². The van der Waals surface area contributed by atoms with Gasteiger partial charge in [0.2, 0.25) is 0 Å². The van der Waals surface area contributed by atoms with Gasteiger partial charge in [0.25, 0.3) is 0 Å². The predicted octanol–water partition coefficient (Wildman–Crippen LogP) is 3.19. The van der Waals surface area contributed by atoms with Crippen LogP contribution < -0.4 is 0 Å². The van der Waals surface area contributed by atoms with Crippen molar-refractivity contribution in [1.82, 2.24) is 19.9 Å². The number of aromatic nitrogens is 3. The zero-order chi connectivity index (χ0) is 21.8. The Kier molecular flexibility index (Phi) is 4.89. The molecule has 0 radical (unpaired) electrons. The summed E-state index contributed by atoms with van der Waals surface area (Å²) in [6, 6.07) is 2.94. The molecule has 0 aliphatic carbocycles. The molecule has 2 aromatic rings. The van der Waals surface area contributed by atoms with Crippen LogP contribution in [0.4, 0.5) is 13.2 Å². The first-order valence-corrected chi connectivity index (χ1v) is 9.62. The standard InChI is InChI=1S/C19H18ClF3N4O3/c1-10-6-18(13-4-3-11(20)5-12(13)16(28)9-30-18)7-15(14-8-26(2)25-24-14)27(10)17(29)19(21,22)23/h3-5,8,10,15H,6-7,9H2,1-2H3/t10-,15-,18-/m0/s1. The van der Waals surface area contributed by atoms with Crippen LogP contribution in [-0.2, 0) is 22.2 Å². The van der Waals surface area contributed by atoms with Crippen LogP contribution in [0.3, 0.4) is 0 Å². The number of ether oxygens (including phenoxy) is 1. The average molecular weight is 443 g/mol. The third kappa shape index (κ3) is 3.37. The quantitative estimate of drug-likeness (QED) is 0.678. The minimum Gasteiger partial charge on any atom is -0.362 e. The molecule has 2 aliphatic rings. The third-order valence-electron chi connectivity index (χ3n) is 5.65. The fourth-order valence-electron chi connectivity index (χ4n) is 4.47. The molecule has 1 aromatic carbocycles. The lowest BCUT2D eigenvalue weighted by Crippen LogP contribution is -2.57. The Hall–Kier alpha value is -2.46. The highest BCUT2D eigenvalue weighted by molar-refractivity contribution is 6.31. The van der Waals surface area contributed by atoms with Crippen molar-refractivity contribution in [2.75, 3.05) is 6.61 Å². The van der Waals surface area contributed by atoms with Crippen molar-refractivity contribution in [1.29, 1.82) is 0 Å². The van der Waals surface area contributed by atoms with Gasteiger partial charge < -0.3 is 9.64 Å². The fourth-order valence-corrected chi connectivity index (χ4v) is 4.64. The van der Waals surface area contributed by atoms with E-state index in [-0.39, 0.29) is 30.9 Å². The van der Waals surface area contributed by atoms with Gasteiger partial charge in [-0.05, 0) is 24.6 Å². The van der Waals surface area contributed by atoms with E-state index in [2.05, 4.69) is 10.3 Å². The zero-order valence-corrected chi connectivity index (χ0v) is 16.9. The summed E-state index contributed by atoms with van der Waals surface area (Å²) in [4.78, 5) is 25.4. The molecule has 1 amide bonds. The van der Waals surface area contributed by atoms with Gasteiger partial charge in [0, 0.05) is 36.5 Å². The Morgan fingerprint density at radius 1 is 1.33 bits per heavy atom. The molecule has 0 saturated carbocycles. The molecule has 0 N–H and O–H groups in total. The number of nitrogens with zero attached hydrogens (tertiary/aromatic N) is 4. The first-order valence-electron chi connectivity index (χ1n) is 9.25. The number of carbonyl (C=O) groups excluding carboxylic acids is 2. The number of amides is 1. The highest BCUT2D eigenvalue weighted by Crippen LogP contribution is 2.50. The monoisotopic (exact) mass is 442 g/mol. The molecular formula is C19H18ClF3N4O3. The molecule has 7 nitrogen and oxygen atoms in total. The van der Waals surface area contributed by atoms with Gasteiger partial charge in [-0.3, -0.25) is 14.3 Å². The zero-order valence-electron chi connectivity index (χ0n) is 16.1. The molecule has 1 saturated heterocycles. The van der Waals surface area contributed by atoms with Gasteiger partial charge in [0.05, 0.1) is 17.8 Å². The molecule has 30 heavy (non-hydrogen) atoms. The Morgan fingerprint density at radius 2 is 2.07 bits per heavy atom. The molecule has 3 heterocycles. The van der Waals surface area contributed by atoms with E-state index in [0.717, 1.165) is 4.90 Å². The summed E-state index contributed by atoms with van der Waals surface area (Å²) in [5.74, 6) is -2.20. The van der Waals surface area contributed by atoms with Crippen molar-refractivity contribution in [2.24, 2.45) is 7.05 Å². The number of alkyl halides is 3. The minimum atomic E-state index is -5.03. The second kappa shape index (κ2) is 7.05. The van der Waals surface area contributed by atoms with Crippen LogP contribution in [0.25, 0.3) is 0 Å². The minimum absolute atomic E-state index is 0.000232. The Morgan fingerprint density at radius 3 is 2.70 bits per heavy atom. The van der Waals surface area contributed by atoms with Crippen molar-refractivity contribution < 1.29 is 27.5 Å². The van der Waals surface area contributed by atoms with Gasteiger partial charge >= 0.3 is 12.1 Å². The second-order valence-electron chi connectivity index (χ2n) is 7.70. The number of aryl methyl sites for hydroxylation is 1. The van der Waals surface area contributed by atoms with E-state index >= 15 is 0 Å². The van der Waals surface area contributed by atoms with Gasteiger partial charge in [-0.25, -0.2) is 0 Å². The number of hydrogen-bond acceptors (Lipinski definition) is 5.